The molecule has 0 bridgehead atoms. The van der Waals surface area contributed by atoms with Crippen molar-refractivity contribution >= 4 is 5.82 Å². The highest BCUT2D eigenvalue weighted by Gasteiger charge is 2.31. The van der Waals surface area contributed by atoms with Gasteiger partial charge in [-0.1, -0.05) is 5.16 Å². The maximum absolute atomic E-state index is 5.53. The molecule has 0 aromatic carbocycles. The van der Waals surface area contributed by atoms with Crippen molar-refractivity contribution in [1.29, 1.82) is 0 Å². The van der Waals surface area contributed by atoms with E-state index in [1.165, 1.54) is 0 Å². The van der Waals surface area contributed by atoms with Crippen molar-refractivity contribution in [3.63, 3.8) is 0 Å². The lowest BCUT2D eigenvalue weighted by atomic mass is 10.2. The monoisotopic (exact) mass is 325 g/mol. The summed E-state index contributed by atoms with van der Waals surface area (Å²) in [5, 5.41) is 7.11. The highest BCUT2D eigenvalue weighted by molar-refractivity contribution is 5.55. The second kappa shape index (κ2) is 6.45. The first kappa shape index (κ1) is 14.9. The van der Waals surface area contributed by atoms with Crippen LogP contribution in [0.2, 0.25) is 0 Å². The van der Waals surface area contributed by atoms with Crippen molar-refractivity contribution in [3.05, 3.63) is 48.4 Å². The van der Waals surface area contributed by atoms with Crippen LogP contribution in [0.1, 0.15) is 30.5 Å². The molecule has 1 unspecified atom stereocenters. The van der Waals surface area contributed by atoms with Gasteiger partial charge in [0.05, 0.1) is 18.8 Å². The van der Waals surface area contributed by atoms with Crippen molar-refractivity contribution in [2.75, 3.05) is 18.9 Å². The van der Waals surface area contributed by atoms with E-state index in [0.29, 0.717) is 11.7 Å². The number of nitrogens with one attached hydrogen (secondary N) is 1. The van der Waals surface area contributed by atoms with Crippen LogP contribution < -0.4 is 5.32 Å². The van der Waals surface area contributed by atoms with Gasteiger partial charge in [-0.15, -0.1) is 0 Å². The van der Waals surface area contributed by atoms with Crippen LogP contribution in [0.3, 0.4) is 0 Å². The predicted octanol–water partition coefficient (Wildman–Crippen LogP) is 3.10. The van der Waals surface area contributed by atoms with Crippen molar-refractivity contribution < 1.29 is 8.94 Å². The smallest absolute Gasteiger partial charge is 0.244 e. The van der Waals surface area contributed by atoms with Crippen LogP contribution in [0.5, 0.6) is 0 Å². The number of pyridine rings is 1. The Labute approximate surface area is 139 Å². The molecule has 0 radical (unpaired) electrons. The number of furan rings is 1. The number of rotatable bonds is 5. The Bertz CT molecular complexity index is 782. The molecule has 0 saturated carbocycles. The van der Waals surface area contributed by atoms with E-state index in [0.717, 1.165) is 43.1 Å². The van der Waals surface area contributed by atoms with Gasteiger partial charge in [0.15, 0.2) is 0 Å². The fourth-order valence-corrected chi connectivity index (χ4v) is 3.06. The van der Waals surface area contributed by atoms with Gasteiger partial charge in [-0.2, -0.15) is 4.98 Å². The first-order valence-corrected chi connectivity index (χ1v) is 8.07. The SMILES string of the molecule is CNc1ccc(-c2noc(C3CCCN3Cc3ccco3)n2)cn1. The molecule has 0 aliphatic carbocycles. The number of aromatic nitrogens is 3. The number of nitrogens with zero attached hydrogens (tertiary/aromatic N) is 4. The first-order valence-electron chi connectivity index (χ1n) is 8.07. The highest BCUT2D eigenvalue weighted by atomic mass is 16.5. The lowest BCUT2D eigenvalue weighted by molar-refractivity contribution is 0.188. The van der Waals surface area contributed by atoms with Crippen LogP contribution in [-0.4, -0.2) is 33.6 Å². The van der Waals surface area contributed by atoms with Crippen molar-refractivity contribution in [1.82, 2.24) is 20.0 Å². The largest absolute Gasteiger partial charge is 0.468 e. The average molecular weight is 325 g/mol. The zero-order valence-electron chi connectivity index (χ0n) is 13.5. The molecule has 24 heavy (non-hydrogen) atoms. The summed E-state index contributed by atoms with van der Waals surface area (Å²) in [5.74, 6) is 2.99. The summed E-state index contributed by atoms with van der Waals surface area (Å²) in [7, 11) is 1.84. The molecule has 3 aromatic rings. The molecular weight excluding hydrogens is 306 g/mol. The first-order chi connectivity index (χ1) is 11.8. The summed E-state index contributed by atoms with van der Waals surface area (Å²) in [6.07, 6.45) is 5.57. The van der Waals surface area contributed by atoms with Crippen LogP contribution >= 0.6 is 0 Å². The standard InChI is InChI=1S/C17H19N5O2/c1-18-15-7-6-12(10-19-15)16-20-17(24-21-16)14-5-2-8-22(14)11-13-4-3-9-23-13/h3-4,6-7,9-10,14H,2,5,8,11H2,1H3,(H,18,19). The molecule has 1 fully saturated rings. The van der Waals surface area contributed by atoms with E-state index in [1.807, 2.05) is 31.3 Å². The van der Waals surface area contributed by atoms with E-state index in [1.54, 1.807) is 12.5 Å². The van der Waals surface area contributed by atoms with E-state index in [2.05, 4.69) is 25.3 Å². The fourth-order valence-electron chi connectivity index (χ4n) is 3.06. The molecule has 1 aliphatic heterocycles. The molecule has 7 heteroatoms. The maximum atomic E-state index is 5.53. The zero-order chi connectivity index (χ0) is 16.4. The third kappa shape index (κ3) is 2.90. The summed E-state index contributed by atoms with van der Waals surface area (Å²) in [5.41, 5.74) is 0.847. The minimum atomic E-state index is 0.140. The summed E-state index contributed by atoms with van der Waals surface area (Å²) in [6.45, 7) is 1.76. The van der Waals surface area contributed by atoms with E-state index in [4.69, 9.17) is 8.94 Å². The third-order valence-corrected chi connectivity index (χ3v) is 4.31. The Morgan fingerprint density at radius 1 is 1.33 bits per heavy atom. The van der Waals surface area contributed by atoms with E-state index in [-0.39, 0.29) is 6.04 Å². The van der Waals surface area contributed by atoms with E-state index in [9.17, 15) is 0 Å². The Kier molecular flexibility index (Phi) is 4.00. The molecule has 1 atom stereocenters. The van der Waals surface area contributed by atoms with Crippen molar-refractivity contribution in [3.8, 4) is 11.4 Å². The van der Waals surface area contributed by atoms with Crippen LogP contribution in [0, 0.1) is 0 Å². The van der Waals surface area contributed by atoms with E-state index < -0.39 is 0 Å². The number of hydrogen-bond donors (Lipinski definition) is 1. The summed E-state index contributed by atoms with van der Waals surface area (Å²) in [4.78, 5) is 11.2. The quantitative estimate of drug-likeness (QED) is 0.772. The van der Waals surface area contributed by atoms with Gasteiger partial charge < -0.3 is 14.3 Å². The van der Waals surface area contributed by atoms with Crippen LogP contribution in [0.25, 0.3) is 11.4 Å². The second-order valence-corrected chi connectivity index (χ2v) is 5.85. The van der Waals surface area contributed by atoms with Gasteiger partial charge in [0.2, 0.25) is 11.7 Å². The molecule has 124 valence electrons. The van der Waals surface area contributed by atoms with E-state index >= 15 is 0 Å². The molecule has 1 saturated heterocycles. The molecule has 1 N–H and O–H groups in total. The fraction of sp³-hybridized carbons (Fsp3) is 0.353. The minimum absolute atomic E-state index is 0.140. The average Bonchev–Trinajstić information content (AvgIpc) is 3.37. The molecule has 0 spiro atoms. The minimum Gasteiger partial charge on any atom is -0.468 e. The third-order valence-electron chi connectivity index (χ3n) is 4.31. The zero-order valence-corrected chi connectivity index (χ0v) is 13.5. The lowest BCUT2D eigenvalue weighted by Gasteiger charge is -2.19. The van der Waals surface area contributed by atoms with Gasteiger partial charge in [-0.3, -0.25) is 4.90 Å². The Hall–Kier alpha value is -2.67. The summed E-state index contributed by atoms with van der Waals surface area (Å²) in [6, 6.07) is 7.87. The normalized spacial score (nSPS) is 18.1. The highest BCUT2D eigenvalue weighted by Crippen LogP contribution is 2.33. The van der Waals surface area contributed by atoms with Gasteiger partial charge in [0.1, 0.15) is 11.6 Å². The molecule has 7 nitrogen and oxygen atoms in total. The Morgan fingerprint density at radius 3 is 3.04 bits per heavy atom. The molecule has 0 amide bonds. The molecular formula is C17H19N5O2. The topological polar surface area (TPSA) is 80.2 Å². The van der Waals surface area contributed by atoms with Gasteiger partial charge in [-0.05, 0) is 43.7 Å². The summed E-state index contributed by atoms with van der Waals surface area (Å²) < 4.78 is 11.0. The molecule has 4 heterocycles. The van der Waals surface area contributed by atoms with Crippen LogP contribution in [0.4, 0.5) is 5.82 Å². The predicted molar refractivity (Wildman–Crippen MR) is 88.2 cm³/mol. The Balaban J connectivity index is 1.52. The lowest BCUT2D eigenvalue weighted by Crippen LogP contribution is -2.22. The molecule has 1 aliphatic rings. The van der Waals surface area contributed by atoms with Gasteiger partial charge in [0.25, 0.3) is 0 Å². The van der Waals surface area contributed by atoms with Crippen LogP contribution in [-0.2, 0) is 6.54 Å². The number of anilines is 1. The van der Waals surface area contributed by atoms with Crippen molar-refractivity contribution in [2.24, 2.45) is 0 Å². The summed E-state index contributed by atoms with van der Waals surface area (Å²) >= 11 is 0. The van der Waals surface area contributed by atoms with Gasteiger partial charge in [0, 0.05) is 18.8 Å². The van der Waals surface area contributed by atoms with Gasteiger partial charge >= 0.3 is 0 Å². The Morgan fingerprint density at radius 2 is 2.29 bits per heavy atom. The van der Waals surface area contributed by atoms with Crippen molar-refractivity contribution in [2.45, 2.75) is 25.4 Å². The number of likely N-dealkylation sites (tertiary alicyclic amines) is 1. The number of hydrogen-bond acceptors (Lipinski definition) is 7. The van der Waals surface area contributed by atoms with Crippen LogP contribution in [0.15, 0.2) is 45.7 Å². The molecule has 3 aromatic heterocycles. The second-order valence-electron chi connectivity index (χ2n) is 5.85. The molecule has 4 rings (SSSR count). The van der Waals surface area contributed by atoms with Gasteiger partial charge in [-0.25, -0.2) is 4.98 Å². The maximum Gasteiger partial charge on any atom is 0.244 e.